The first-order valence-corrected chi connectivity index (χ1v) is 8.16. The van der Waals surface area contributed by atoms with Gasteiger partial charge in [0.25, 0.3) is 0 Å². The van der Waals surface area contributed by atoms with E-state index in [0.717, 1.165) is 43.1 Å². The van der Waals surface area contributed by atoms with Crippen LogP contribution < -0.4 is 5.32 Å². The van der Waals surface area contributed by atoms with Crippen molar-refractivity contribution in [3.05, 3.63) is 23.3 Å². The van der Waals surface area contributed by atoms with Gasteiger partial charge in [0.2, 0.25) is 0 Å². The third kappa shape index (κ3) is 4.24. The molecular formula is C17H29N3O. The molecule has 1 fully saturated rings. The van der Waals surface area contributed by atoms with E-state index in [1.54, 1.807) is 7.11 Å². The van der Waals surface area contributed by atoms with E-state index in [-0.39, 0.29) is 5.60 Å². The maximum atomic E-state index is 5.87. The Kier molecular flexibility index (Phi) is 5.71. The van der Waals surface area contributed by atoms with E-state index >= 15 is 0 Å². The van der Waals surface area contributed by atoms with E-state index in [4.69, 9.17) is 9.72 Å². The Bertz CT molecular complexity index is 453. The molecule has 0 atom stereocenters. The highest BCUT2D eigenvalue weighted by molar-refractivity contribution is 5.15. The van der Waals surface area contributed by atoms with Crippen LogP contribution >= 0.6 is 0 Å². The highest BCUT2D eigenvalue weighted by Gasteiger charge is 2.37. The lowest BCUT2D eigenvalue weighted by molar-refractivity contribution is -0.0517. The molecule has 0 radical (unpaired) electrons. The lowest BCUT2D eigenvalue weighted by Crippen LogP contribution is -2.34. The lowest BCUT2D eigenvalue weighted by Gasteiger charge is -2.34. The van der Waals surface area contributed by atoms with Crippen LogP contribution in [-0.2, 0) is 16.9 Å². The number of aromatic nitrogens is 2. The number of aryl methyl sites for hydroxylation is 1. The maximum Gasteiger partial charge on any atom is 0.160 e. The van der Waals surface area contributed by atoms with Crippen molar-refractivity contribution in [1.29, 1.82) is 0 Å². The van der Waals surface area contributed by atoms with Crippen molar-refractivity contribution in [3.8, 4) is 0 Å². The summed E-state index contributed by atoms with van der Waals surface area (Å²) < 4.78 is 5.87. The third-order valence-corrected chi connectivity index (χ3v) is 4.23. The van der Waals surface area contributed by atoms with Crippen LogP contribution in [0, 0.1) is 12.8 Å². The quantitative estimate of drug-likeness (QED) is 0.873. The standard InChI is InChI=1S/C17H29N3O/c1-13(2)11-18-12-15-10-14(3)19-16(20-15)17(21-4)8-6-5-7-9-17/h10,13,18H,5-9,11-12H2,1-4H3. The van der Waals surface area contributed by atoms with Gasteiger partial charge in [0.05, 0.1) is 5.69 Å². The molecule has 0 aromatic carbocycles. The normalized spacial score (nSPS) is 18.1. The number of methoxy groups -OCH3 is 1. The summed E-state index contributed by atoms with van der Waals surface area (Å²) in [5.41, 5.74) is 1.83. The molecule has 118 valence electrons. The molecule has 1 aromatic rings. The zero-order chi connectivity index (χ0) is 15.3. The van der Waals surface area contributed by atoms with Crippen LogP contribution in [0.4, 0.5) is 0 Å². The van der Waals surface area contributed by atoms with Gasteiger partial charge >= 0.3 is 0 Å². The Labute approximate surface area is 128 Å². The molecule has 0 unspecified atom stereocenters. The predicted octanol–water partition coefficient (Wildman–Crippen LogP) is 3.34. The smallest absolute Gasteiger partial charge is 0.160 e. The number of nitrogens with zero attached hydrogens (tertiary/aromatic N) is 2. The first kappa shape index (κ1) is 16.4. The summed E-state index contributed by atoms with van der Waals surface area (Å²) in [5, 5.41) is 3.46. The molecule has 1 heterocycles. The molecule has 0 aliphatic heterocycles. The van der Waals surface area contributed by atoms with Crippen molar-refractivity contribution < 1.29 is 4.74 Å². The minimum atomic E-state index is -0.267. The van der Waals surface area contributed by atoms with E-state index < -0.39 is 0 Å². The van der Waals surface area contributed by atoms with Crippen molar-refractivity contribution in [2.45, 2.75) is 65.0 Å². The fourth-order valence-corrected chi connectivity index (χ4v) is 3.06. The molecule has 0 bridgehead atoms. The number of rotatable bonds is 6. The van der Waals surface area contributed by atoms with Crippen LogP contribution in [0.15, 0.2) is 6.07 Å². The summed E-state index contributed by atoms with van der Waals surface area (Å²) in [6.45, 7) is 8.28. The van der Waals surface area contributed by atoms with Crippen LogP contribution in [0.1, 0.15) is 63.2 Å². The SMILES string of the molecule is COC1(c2nc(C)cc(CNCC(C)C)n2)CCCCC1. The Morgan fingerprint density at radius 1 is 1.24 bits per heavy atom. The van der Waals surface area contributed by atoms with E-state index in [2.05, 4.69) is 30.2 Å². The van der Waals surface area contributed by atoms with Crippen LogP contribution in [0.3, 0.4) is 0 Å². The Morgan fingerprint density at radius 3 is 2.57 bits per heavy atom. The summed E-state index contributed by atoms with van der Waals surface area (Å²) in [5.74, 6) is 1.53. The molecule has 4 heteroatoms. The summed E-state index contributed by atoms with van der Waals surface area (Å²) in [6.07, 6.45) is 5.76. The largest absolute Gasteiger partial charge is 0.370 e. The lowest BCUT2D eigenvalue weighted by atomic mass is 9.84. The highest BCUT2D eigenvalue weighted by Crippen LogP contribution is 2.38. The van der Waals surface area contributed by atoms with E-state index in [1.165, 1.54) is 19.3 Å². The zero-order valence-electron chi connectivity index (χ0n) is 13.9. The van der Waals surface area contributed by atoms with Crippen LogP contribution in [0.25, 0.3) is 0 Å². The molecule has 0 spiro atoms. The molecular weight excluding hydrogens is 262 g/mol. The second-order valence-corrected chi connectivity index (χ2v) is 6.61. The van der Waals surface area contributed by atoms with Crippen LogP contribution in [0.5, 0.6) is 0 Å². The fraction of sp³-hybridized carbons (Fsp3) is 0.765. The molecule has 1 aliphatic carbocycles. The summed E-state index contributed by atoms with van der Waals surface area (Å²) >= 11 is 0. The van der Waals surface area contributed by atoms with Gasteiger partial charge in [0, 0.05) is 19.3 Å². The van der Waals surface area contributed by atoms with Gasteiger partial charge in [0.1, 0.15) is 5.60 Å². The second-order valence-electron chi connectivity index (χ2n) is 6.61. The molecule has 1 N–H and O–H groups in total. The maximum absolute atomic E-state index is 5.87. The molecule has 21 heavy (non-hydrogen) atoms. The average molecular weight is 291 g/mol. The summed E-state index contributed by atoms with van der Waals surface area (Å²) in [6, 6.07) is 2.07. The summed E-state index contributed by atoms with van der Waals surface area (Å²) in [7, 11) is 1.80. The van der Waals surface area contributed by atoms with Crippen LogP contribution in [0.2, 0.25) is 0 Å². The zero-order valence-corrected chi connectivity index (χ0v) is 13.9. The second kappa shape index (κ2) is 7.32. The molecule has 1 aromatic heterocycles. The Morgan fingerprint density at radius 2 is 1.95 bits per heavy atom. The Balaban J connectivity index is 2.17. The molecule has 4 nitrogen and oxygen atoms in total. The van der Waals surface area contributed by atoms with Crippen molar-refractivity contribution in [2.75, 3.05) is 13.7 Å². The molecule has 1 aliphatic rings. The molecule has 0 saturated heterocycles. The minimum Gasteiger partial charge on any atom is -0.370 e. The van der Waals surface area contributed by atoms with Gasteiger partial charge in [0.15, 0.2) is 5.82 Å². The number of hydrogen-bond donors (Lipinski definition) is 1. The molecule has 1 saturated carbocycles. The van der Waals surface area contributed by atoms with E-state index in [0.29, 0.717) is 5.92 Å². The van der Waals surface area contributed by atoms with Gasteiger partial charge in [-0.25, -0.2) is 9.97 Å². The van der Waals surface area contributed by atoms with Crippen LogP contribution in [-0.4, -0.2) is 23.6 Å². The predicted molar refractivity (Wildman–Crippen MR) is 85.1 cm³/mol. The third-order valence-electron chi connectivity index (χ3n) is 4.23. The molecule has 2 rings (SSSR count). The van der Waals surface area contributed by atoms with Gasteiger partial charge in [-0.05, 0) is 38.3 Å². The Hall–Kier alpha value is -1.00. The average Bonchev–Trinajstić information content (AvgIpc) is 2.47. The minimum absolute atomic E-state index is 0.267. The van der Waals surface area contributed by atoms with Crippen molar-refractivity contribution >= 4 is 0 Å². The van der Waals surface area contributed by atoms with Crippen molar-refractivity contribution in [3.63, 3.8) is 0 Å². The van der Waals surface area contributed by atoms with Gasteiger partial charge in [-0.2, -0.15) is 0 Å². The van der Waals surface area contributed by atoms with Gasteiger partial charge in [-0.15, -0.1) is 0 Å². The highest BCUT2D eigenvalue weighted by atomic mass is 16.5. The first-order chi connectivity index (χ1) is 10.1. The number of ether oxygens (including phenoxy) is 1. The topological polar surface area (TPSA) is 47.0 Å². The number of hydrogen-bond acceptors (Lipinski definition) is 4. The first-order valence-electron chi connectivity index (χ1n) is 8.16. The van der Waals surface area contributed by atoms with E-state index in [1.807, 2.05) is 6.92 Å². The molecule has 0 amide bonds. The number of nitrogens with one attached hydrogen (secondary N) is 1. The fourth-order valence-electron chi connectivity index (χ4n) is 3.06. The monoisotopic (exact) mass is 291 g/mol. The summed E-state index contributed by atoms with van der Waals surface area (Å²) in [4.78, 5) is 9.48. The van der Waals surface area contributed by atoms with Gasteiger partial charge in [-0.3, -0.25) is 0 Å². The van der Waals surface area contributed by atoms with Gasteiger partial charge in [-0.1, -0.05) is 33.1 Å². The van der Waals surface area contributed by atoms with Crippen molar-refractivity contribution in [2.24, 2.45) is 5.92 Å². The van der Waals surface area contributed by atoms with E-state index in [9.17, 15) is 0 Å². The van der Waals surface area contributed by atoms with Gasteiger partial charge < -0.3 is 10.1 Å². The van der Waals surface area contributed by atoms with Crippen molar-refractivity contribution in [1.82, 2.24) is 15.3 Å².